The van der Waals surface area contributed by atoms with Crippen LogP contribution in [-0.2, 0) is 0 Å². The smallest absolute Gasteiger partial charge is 0.170 e. The molecule has 0 radical (unpaired) electrons. The summed E-state index contributed by atoms with van der Waals surface area (Å²) in [5.41, 5.74) is 1.00. The van der Waals surface area contributed by atoms with Gasteiger partial charge in [-0.2, -0.15) is 10.5 Å². The van der Waals surface area contributed by atoms with Crippen molar-refractivity contribution in [3.05, 3.63) is 41.7 Å². The number of para-hydroxylation sites is 1. The molecule has 4 nitrogen and oxygen atoms in total. The maximum Gasteiger partial charge on any atom is 0.170 e. The summed E-state index contributed by atoms with van der Waals surface area (Å²) in [5.74, 6) is 0.531. The average Bonchev–Trinajstić information content (AvgIpc) is 2.39. The first-order valence-electron chi connectivity index (χ1n) is 5.31. The maximum absolute atomic E-state index is 8.92. The Bertz CT molecular complexity index is 460. The van der Waals surface area contributed by atoms with Crippen LogP contribution in [0.4, 0.5) is 5.69 Å². The van der Waals surface area contributed by atoms with Gasteiger partial charge in [0.05, 0.1) is 0 Å². The van der Waals surface area contributed by atoms with Gasteiger partial charge in [0.2, 0.25) is 0 Å². The summed E-state index contributed by atoms with van der Waals surface area (Å²) in [6, 6.07) is 13.4. The number of nitrogens with zero attached hydrogens (tertiary/aromatic N) is 3. The predicted octanol–water partition coefficient (Wildman–Crippen LogP) is 1.99. The molecule has 4 heteroatoms. The second-order valence-electron chi connectivity index (χ2n) is 3.37. The summed E-state index contributed by atoms with van der Waals surface area (Å²) in [4.78, 5) is 1.80. The fourth-order valence-electron chi connectivity index (χ4n) is 1.45. The first kappa shape index (κ1) is 12.6. The minimum atomic E-state index is 0.0817. The van der Waals surface area contributed by atoms with Crippen LogP contribution in [0.5, 0.6) is 0 Å². The first-order valence-corrected chi connectivity index (χ1v) is 5.31. The molecule has 86 valence electrons. The van der Waals surface area contributed by atoms with E-state index in [1.807, 2.05) is 56.4 Å². The number of nitriles is 2. The summed E-state index contributed by atoms with van der Waals surface area (Å²) < 4.78 is 0. The van der Waals surface area contributed by atoms with Crippen molar-refractivity contribution in [1.82, 2.24) is 5.32 Å². The fraction of sp³-hybridized carbons (Fsp3) is 0.231. The lowest BCUT2D eigenvalue weighted by Gasteiger charge is -2.23. The van der Waals surface area contributed by atoms with Crippen molar-refractivity contribution < 1.29 is 0 Å². The predicted molar refractivity (Wildman–Crippen MR) is 66.8 cm³/mol. The number of benzene rings is 1. The van der Waals surface area contributed by atoms with Crippen molar-refractivity contribution in [3.8, 4) is 12.1 Å². The Hall–Kier alpha value is -2.46. The molecule has 0 amide bonds. The van der Waals surface area contributed by atoms with Gasteiger partial charge in [-0.3, -0.25) is 0 Å². The van der Waals surface area contributed by atoms with Gasteiger partial charge in [0.1, 0.15) is 18.0 Å². The third-order valence-electron chi connectivity index (χ3n) is 2.28. The summed E-state index contributed by atoms with van der Waals surface area (Å²) >= 11 is 0. The number of allylic oxidation sites excluding steroid dienone is 1. The van der Waals surface area contributed by atoms with Gasteiger partial charge in [0, 0.05) is 19.3 Å². The minimum absolute atomic E-state index is 0.0817. The molecule has 0 aliphatic rings. The van der Waals surface area contributed by atoms with Crippen LogP contribution in [0.1, 0.15) is 6.92 Å². The van der Waals surface area contributed by atoms with Crippen molar-refractivity contribution in [2.75, 3.05) is 18.5 Å². The molecule has 0 saturated heterocycles. The minimum Gasteiger partial charge on any atom is -0.370 e. The van der Waals surface area contributed by atoms with E-state index in [0.29, 0.717) is 12.4 Å². The lowest BCUT2D eigenvalue weighted by atomic mass is 10.2. The molecule has 0 atom stereocenters. The molecule has 0 spiro atoms. The van der Waals surface area contributed by atoms with Crippen LogP contribution in [0, 0.1) is 22.7 Å². The van der Waals surface area contributed by atoms with Crippen molar-refractivity contribution >= 4 is 5.69 Å². The van der Waals surface area contributed by atoms with E-state index in [0.717, 1.165) is 5.69 Å². The van der Waals surface area contributed by atoms with Gasteiger partial charge < -0.3 is 10.2 Å². The molecule has 0 fully saturated rings. The Balaban J connectivity index is 3.15. The summed E-state index contributed by atoms with van der Waals surface area (Å²) in [6.45, 7) is 2.57. The number of hydrogen-bond acceptors (Lipinski definition) is 4. The molecule has 0 bridgehead atoms. The second-order valence-corrected chi connectivity index (χ2v) is 3.37. The largest absolute Gasteiger partial charge is 0.370 e. The lowest BCUT2D eigenvalue weighted by Crippen LogP contribution is -2.29. The van der Waals surface area contributed by atoms with Crippen molar-refractivity contribution in [2.24, 2.45) is 0 Å². The molecule has 1 aromatic rings. The molecule has 1 rings (SSSR count). The summed E-state index contributed by atoms with van der Waals surface area (Å²) in [7, 11) is 1.82. The monoisotopic (exact) mass is 226 g/mol. The molecule has 0 heterocycles. The maximum atomic E-state index is 8.92. The zero-order chi connectivity index (χ0) is 12.7. The molecular weight excluding hydrogens is 212 g/mol. The van der Waals surface area contributed by atoms with E-state index in [1.165, 1.54) is 0 Å². The van der Waals surface area contributed by atoms with Crippen molar-refractivity contribution in [3.63, 3.8) is 0 Å². The molecular formula is C13H14N4. The molecule has 0 aliphatic heterocycles. The van der Waals surface area contributed by atoms with E-state index in [1.54, 1.807) is 4.90 Å². The van der Waals surface area contributed by atoms with E-state index in [9.17, 15) is 0 Å². The molecule has 1 N–H and O–H groups in total. The van der Waals surface area contributed by atoms with Crippen molar-refractivity contribution in [2.45, 2.75) is 6.92 Å². The zero-order valence-corrected chi connectivity index (χ0v) is 9.94. The van der Waals surface area contributed by atoms with Gasteiger partial charge in [-0.25, -0.2) is 0 Å². The Labute approximate surface area is 101 Å². The van der Waals surface area contributed by atoms with Crippen molar-refractivity contribution in [1.29, 1.82) is 10.5 Å². The van der Waals surface area contributed by atoms with Crippen LogP contribution in [0.25, 0.3) is 0 Å². The highest BCUT2D eigenvalue weighted by molar-refractivity contribution is 5.55. The second kappa shape index (κ2) is 6.19. The quantitative estimate of drug-likeness (QED) is 0.797. The highest BCUT2D eigenvalue weighted by Gasteiger charge is 2.11. The molecule has 0 unspecified atom stereocenters. The SMILES string of the molecule is CCNC(=C(C#N)C#N)N(C)c1ccccc1. The Morgan fingerprint density at radius 3 is 2.29 bits per heavy atom. The number of rotatable bonds is 4. The molecule has 17 heavy (non-hydrogen) atoms. The number of anilines is 1. The fourth-order valence-corrected chi connectivity index (χ4v) is 1.45. The summed E-state index contributed by atoms with van der Waals surface area (Å²) in [5, 5.41) is 20.9. The van der Waals surface area contributed by atoms with E-state index < -0.39 is 0 Å². The molecule has 0 saturated carbocycles. The normalized spacial score (nSPS) is 8.71. The Morgan fingerprint density at radius 1 is 1.24 bits per heavy atom. The van der Waals surface area contributed by atoms with Crippen LogP contribution in [0.3, 0.4) is 0 Å². The lowest BCUT2D eigenvalue weighted by molar-refractivity contribution is 0.804. The highest BCUT2D eigenvalue weighted by atomic mass is 15.2. The molecule has 0 aliphatic carbocycles. The first-order chi connectivity index (χ1) is 8.24. The Morgan fingerprint density at radius 2 is 1.82 bits per heavy atom. The van der Waals surface area contributed by atoms with Crippen LogP contribution < -0.4 is 10.2 Å². The third-order valence-corrected chi connectivity index (χ3v) is 2.28. The molecule has 1 aromatic carbocycles. The van der Waals surface area contributed by atoms with E-state index in [4.69, 9.17) is 10.5 Å². The van der Waals surface area contributed by atoms with Crippen LogP contribution in [0.15, 0.2) is 41.7 Å². The van der Waals surface area contributed by atoms with Gasteiger partial charge in [-0.1, -0.05) is 18.2 Å². The number of nitrogens with one attached hydrogen (secondary N) is 1. The zero-order valence-electron chi connectivity index (χ0n) is 9.94. The van der Waals surface area contributed by atoms with Gasteiger partial charge in [0.15, 0.2) is 5.57 Å². The van der Waals surface area contributed by atoms with Gasteiger partial charge in [0.25, 0.3) is 0 Å². The standard InChI is InChI=1S/C13H14N4/c1-3-16-13(11(9-14)10-15)17(2)12-7-5-4-6-8-12/h4-8,16H,3H2,1-2H3. The van der Waals surface area contributed by atoms with E-state index >= 15 is 0 Å². The van der Waals surface area contributed by atoms with E-state index in [-0.39, 0.29) is 5.57 Å². The van der Waals surface area contributed by atoms with Crippen LogP contribution in [-0.4, -0.2) is 13.6 Å². The highest BCUT2D eigenvalue weighted by Crippen LogP contribution is 2.16. The Kier molecular flexibility index (Phi) is 4.59. The van der Waals surface area contributed by atoms with Crippen LogP contribution >= 0.6 is 0 Å². The molecule has 0 aromatic heterocycles. The average molecular weight is 226 g/mol. The third kappa shape index (κ3) is 2.99. The topological polar surface area (TPSA) is 62.9 Å². The van der Waals surface area contributed by atoms with Crippen LogP contribution in [0.2, 0.25) is 0 Å². The van der Waals surface area contributed by atoms with Gasteiger partial charge in [-0.05, 0) is 19.1 Å². The van der Waals surface area contributed by atoms with Gasteiger partial charge in [-0.15, -0.1) is 0 Å². The summed E-state index contributed by atoms with van der Waals surface area (Å²) in [6.07, 6.45) is 0. The van der Waals surface area contributed by atoms with E-state index in [2.05, 4.69) is 5.32 Å². The van der Waals surface area contributed by atoms with Gasteiger partial charge >= 0.3 is 0 Å². The number of hydrogen-bond donors (Lipinski definition) is 1.